The zero-order valence-corrected chi connectivity index (χ0v) is 15.6. The van der Waals surface area contributed by atoms with Crippen LogP contribution in [0, 0.1) is 28.6 Å². The molecule has 0 aromatic rings. The third kappa shape index (κ3) is 2.09. The second-order valence-corrected chi connectivity index (χ2v) is 9.32. The first-order valence-electron chi connectivity index (χ1n) is 9.81. The van der Waals surface area contributed by atoms with Crippen molar-refractivity contribution in [3.05, 3.63) is 11.6 Å². The van der Waals surface area contributed by atoms with Crippen molar-refractivity contribution in [3.8, 4) is 0 Å². The van der Waals surface area contributed by atoms with Gasteiger partial charge >= 0.3 is 5.97 Å². The zero-order chi connectivity index (χ0) is 18.0. The largest absolute Gasteiger partial charge is 0.467 e. The molecule has 5 unspecified atom stereocenters. The lowest BCUT2D eigenvalue weighted by Crippen LogP contribution is -2.57. The Kier molecular flexibility index (Phi) is 3.74. The summed E-state index contributed by atoms with van der Waals surface area (Å²) in [5.74, 6) is 1.30. The van der Waals surface area contributed by atoms with Gasteiger partial charge in [0.15, 0.2) is 11.4 Å². The Balaban J connectivity index is 1.68. The fraction of sp³-hybridized carbons (Fsp3) is 0.810. The van der Waals surface area contributed by atoms with E-state index in [2.05, 4.69) is 13.8 Å². The van der Waals surface area contributed by atoms with Gasteiger partial charge in [0.25, 0.3) is 0 Å². The molecule has 0 spiro atoms. The summed E-state index contributed by atoms with van der Waals surface area (Å²) >= 11 is 0. The van der Waals surface area contributed by atoms with Crippen LogP contribution < -0.4 is 0 Å². The summed E-state index contributed by atoms with van der Waals surface area (Å²) in [6.45, 7) is 4.46. The summed E-state index contributed by atoms with van der Waals surface area (Å²) in [4.78, 5) is 24.3. The summed E-state index contributed by atoms with van der Waals surface area (Å²) < 4.78 is 4.97. The number of ether oxygens (including phenoxy) is 1. The zero-order valence-electron chi connectivity index (χ0n) is 15.6. The van der Waals surface area contributed by atoms with Crippen LogP contribution in [-0.2, 0) is 14.3 Å². The second-order valence-electron chi connectivity index (χ2n) is 9.32. The average Bonchev–Trinajstić information content (AvgIpc) is 2.87. The lowest BCUT2D eigenvalue weighted by atomic mass is 9.46. The molecule has 0 aromatic heterocycles. The van der Waals surface area contributed by atoms with E-state index in [0.717, 1.165) is 38.5 Å². The summed E-state index contributed by atoms with van der Waals surface area (Å²) in [5, 5.41) is 11.2. The van der Waals surface area contributed by atoms with Crippen molar-refractivity contribution in [1.82, 2.24) is 0 Å². The predicted octanol–water partition coefficient (Wildman–Crippen LogP) is 3.42. The molecular formula is C21H30O4. The molecule has 6 atom stereocenters. The molecule has 3 saturated carbocycles. The second kappa shape index (κ2) is 5.42. The number of methoxy groups -OCH3 is 1. The Hall–Kier alpha value is -1.16. The number of ketones is 1. The topological polar surface area (TPSA) is 63.6 Å². The Bertz CT molecular complexity index is 652. The van der Waals surface area contributed by atoms with Gasteiger partial charge in [0.1, 0.15) is 0 Å². The molecule has 25 heavy (non-hydrogen) atoms. The van der Waals surface area contributed by atoms with Gasteiger partial charge in [-0.25, -0.2) is 4.79 Å². The van der Waals surface area contributed by atoms with Gasteiger partial charge in [-0.2, -0.15) is 0 Å². The minimum atomic E-state index is -1.34. The van der Waals surface area contributed by atoms with Crippen LogP contribution in [0.15, 0.2) is 11.6 Å². The van der Waals surface area contributed by atoms with Crippen LogP contribution in [0.2, 0.25) is 0 Å². The van der Waals surface area contributed by atoms with Crippen LogP contribution in [0.4, 0.5) is 0 Å². The average molecular weight is 346 g/mol. The van der Waals surface area contributed by atoms with E-state index in [1.54, 1.807) is 0 Å². The molecule has 0 amide bonds. The number of fused-ring (bicyclic) bond motifs is 5. The van der Waals surface area contributed by atoms with Gasteiger partial charge in [-0.15, -0.1) is 0 Å². The molecule has 0 aliphatic heterocycles. The van der Waals surface area contributed by atoms with E-state index in [-0.39, 0.29) is 16.6 Å². The van der Waals surface area contributed by atoms with Gasteiger partial charge in [0, 0.05) is 11.8 Å². The van der Waals surface area contributed by atoms with Crippen molar-refractivity contribution in [1.29, 1.82) is 0 Å². The Labute approximate surface area is 150 Å². The standard InChI is InChI=1S/C21H30O4/c1-19-9-6-14(22)12-13(19)4-5-15-16(19)7-10-20(2)17(15)8-11-21(20,24)18(23)25-3/h12,15-17,24H,4-11H2,1-3H3/t15?,16?,17?,19?,20?,21-/m0/s1. The highest BCUT2D eigenvalue weighted by molar-refractivity contribution is 5.91. The molecule has 4 rings (SSSR count). The van der Waals surface area contributed by atoms with E-state index in [1.165, 1.54) is 12.7 Å². The summed E-state index contributed by atoms with van der Waals surface area (Å²) in [5.41, 5.74) is -0.237. The summed E-state index contributed by atoms with van der Waals surface area (Å²) in [7, 11) is 1.38. The van der Waals surface area contributed by atoms with Crippen molar-refractivity contribution in [2.45, 2.75) is 70.8 Å². The van der Waals surface area contributed by atoms with Crippen LogP contribution in [0.25, 0.3) is 0 Å². The van der Waals surface area contributed by atoms with Gasteiger partial charge in [-0.1, -0.05) is 19.4 Å². The Morgan fingerprint density at radius 2 is 1.84 bits per heavy atom. The fourth-order valence-corrected chi connectivity index (χ4v) is 7.08. The van der Waals surface area contributed by atoms with Crippen LogP contribution >= 0.6 is 0 Å². The number of aliphatic hydroxyl groups is 1. The van der Waals surface area contributed by atoms with Crippen LogP contribution in [0.5, 0.6) is 0 Å². The minimum Gasteiger partial charge on any atom is -0.467 e. The maximum absolute atomic E-state index is 12.4. The first-order chi connectivity index (χ1) is 11.8. The third-order valence-corrected chi connectivity index (χ3v) is 8.64. The van der Waals surface area contributed by atoms with Gasteiger partial charge in [0.05, 0.1) is 7.11 Å². The van der Waals surface area contributed by atoms with Crippen molar-refractivity contribution in [3.63, 3.8) is 0 Å². The van der Waals surface area contributed by atoms with E-state index in [4.69, 9.17) is 4.74 Å². The number of carbonyl (C=O) groups is 2. The van der Waals surface area contributed by atoms with Gasteiger partial charge in [-0.05, 0) is 74.2 Å². The maximum Gasteiger partial charge on any atom is 0.338 e. The molecule has 0 radical (unpaired) electrons. The lowest BCUT2D eigenvalue weighted by Gasteiger charge is -2.58. The molecule has 4 aliphatic carbocycles. The van der Waals surface area contributed by atoms with Crippen molar-refractivity contribution in [2.75, 3.05) is 7.11 Å². The quantitative estimate of drug-likeness (QED) is 0.739. The highest BCUT2D eigenvalue weighted by Gasteiger charge is 2.67. The van der Waals surface area contributed by atoms with E-state index in [9.17, 15) is 14.7 Å². The Morgan fingerprint density at radius 3 is 2.56 bits per heavy atom. The van der Waals surface area contributed by atoms with Crippen molar-refractivity contribution < 1.29 is 19.4 Å². The molecule has 0 bridgehead atoms. The molecule has 4 aliphatic rings. The van der Waals surface area contributed by atoms with E-state index >= 15 is 0 Å². The van der Waals surface area contributed by atoms with Crippen LogP contribution in [-0.4, -0.2) is 29.6 Å². The normalized spacial score (nSPS) is 48.9. The lowest BCUT2D eigenvalue weighted by molar-refractivity contribution is -0.184. The fourth-order valence-electron chi connectivity index (χ4n) is 7.08. The number of hydrogen-bond donors (Lipinski definition) is 1. The molecule has 0 heterocycles. The molecule has 0 aromatic carbocycles. The molecular weight excluding hydrogens is 316 g/mol. The monoisotopic (exact) mass is 346 g/mol. The predicted molar refractivity (Wildman–Crippen MR) is 93.7 cm³/mol. The summed E-state index contributed by atoms with van der Waals surface area (Å²) in [6, 6.07) is 0. The number of carbonyl (C=O) groups excluding carboxylic acids is 2. The minimum absolute atomic E-state index is 0.129. The van der Waals surface area contributed by atoms with Crippen molar-refractivity contribution in [2.24, 2.45) is 28.6 Å². The van der Waals surface area contributed by atoms with Gasteiger partial charge in [0.2, 0.25) is 0 Å². The van der Waals surface area contributed by atoms with E-state index < -0.39 is 11.6 Å². The molecule has 0 saturated heterocycles. The molecule has 4 nitrogen and oxygen atoms in total. The highest BCUT2D eigenvalue weighted by Crippen LogP contribution is 2.67. The number of hydrogen-bond acceptors (Lipinski definition) is 4. The third-order valence-electron chi connectivity index (χ3n) is 8.64. The van der Waals surface area contributed by atoms with Crippen LogP contribution in [0.3, 0.4) is 0 Å². The van der Waals surface area contributed by atoms with Crippen molar-refractivity contribution >= 4 is 11.8 Å². The number of esters is 1. The first kappa shape index (κ1) is 17.3. The highest BCUT2D eigenvalue weighted by atomic mass is 16.5. The number of allylic oxidation sites excluding steroid dienone is 1. The van der Waals surface area contributed by atoms with E-state index in [1.807, 2.05) is 6.08 Å². The smallest absolute Gasteiger partial charge is 0.338 e. The van der Waals surface area contributed by atoms with Gasteiger partial charge in [-0.3, -0.25) is 4.79 Å². The molecule has 1 N–H and O–H groups in total. The maximum atomic E-state index is 12.4. The first-order valence-corrected chi connectivity index (χ1v) is 9.81. The molecule has 3 fully saturated rings. The molecule has 138 valence electrons. The number of rotatable bonds is 1. The SMILES string of the molecule is COC(=O)[C@@]1(O)CCC2C3CCC4=CC(=O)CCC4(C)C3CCC21C. The summed E-state index contributed by atoms with van der Waals surface area (Å²) in [6.07, 6.45) is 8.93. The molecule has 4 heteroatoms. The van der Waals surface area contributed by atoms with E-state index in [0.29, 0.717) is 30.6 Å². The Morgan fingerprint density at radius 1 is 1.12 bits per heavy atom. The van der Waals surface area contributed by atoms with Crippen LogP contribution in [0.1, 0.15) is 65.2 Å². The van der Waals surface area contributed by atoms with Gasteiger partial charge < -0.3 is 9.84 Å².